The zero-order valence-corrected chi connectivity index (χ0v) is 18.8. The summed E-state index contributed by atoms with van der Waals surface area (Å²) in [6.07, 6.45) is 1.92. The molecule has 0 saturated heterocycles. The van der Waals surface area contributed by atoms with Crippen LogP contribution in [0.3, 0.4) is 0 Å². The largest absolute Gasteiger partial charge is 0.330 e. The number of aryl methyl sites for hydroxylation is 3. The van der Waals surface area contributed by atoms with Crippen LogP contribution in [0.4, 0.5) is 10.8 Å². The molecule has 0 aliphatic rings. The van der Waals surface area contributed by atoms with Gasteiger partial charge in [0.25, 0.3) is 5.56 Å². The minimum Gasteiger partial charge on any atom is -0.330 e. The smallest absolute Gasteiger partial charge is 0.258 e. The predicted octanol–water partition coefficient (Wildman–Crippen LogP) is 5.02. The molecule has 6 nitrogen and oxygen atoms in total. The quantitative estimate of drug-likeness (QED) is 0.410. The van der Waals surface area contributed by atoms with Gasteiger partial charge in [-0.2, -0.15) is 0 Å². The second-order valence-corrected chi connectivity index (χ2v) is 9.09. The molecule has 3 heterocycles. The number of pyridine rings is 1. The molecule has 1 N–H and O–H groups in total. The van der Waals surface area contributed by atoms with Crippen molar-refractivity contribution in [2.75, 3.05) is 5.32 Å². The summed E-state index contributed by atoms with van der Waals surface area (Å²) in [6.45, 7) is 6.21. The Morgan fingerprint density at radius 2 is 1.80 bits per heavy atom. The van der Waals surface area contributed by atoms with E-state index in [1.165, 1.54) is 22.5 Å². The first-order chi connectivity index (χ1) is 14.6. The lowest BCUT2D eigenvalue weighted by molar-refractivity contribution is 0.967. The highest BCUT2D eigenvalue weighted by molar-refractivity contribution is 8.00. The van der Waals surface area contributed by atoms with E-state index in [1.54, 1.807) is 22.2 Å². The summed E-state index contributed by atoms with van der Waals surface area (Å²) in [5.74, 6) is 0.570. The third-order valence-electron chi connectivity index (χ3n) is 4.91. The Hall–Kier alpha value is -2.71. The van der Waals surface area contributed by atoms with E-state index in [1.807, 2.05) is 25.1 Å². The minimum atomic E-state index is -0.0587. The molecular weight excluding hydrogens is 414 g/mol. The molecule has 0 atom stereocenters. The number of rotatable bonds is 7. The third kappa shape index (κ3) is 4.24. The van der Waals surface area contributed by atoms with Crippen LogP contribution in [0.25, 0.3) is 5.65 Å². The van der Waals surface area contributed by atoms with Crippen LogP contribution in [0.1, 0.15) is 36.4 Å². The predicted molar refractivity (Wildman–Crippen MR) is 124 cm³/mol. The van der Waals surface area contributed by atoms with Gasteiger partial charge in [-0.05, 0) is 43.0 Å². The van der Waals surface area contributed by atoms with E-state index in [4.69, 9.17) is 0 Å². The van der Waals surface area contributed by atoms with Crippen molar-refractivity contribution in [2.24, 2.45) is 0 Å². The molecule has 0 radical (unpaired) electrons. The van der Waals surface area contributed by atoms with Crippen molar-refractivity contribution in [1.29, 1.82) is 0 Å². The van der Waals surface area contributed by atoms with Crippen molar-refractivity contribution >= 4 is 39.6 Å². The second kappa shape index (κ2) is 8.97. The fraction of sp³-hybridized carbons (Fsp3) is 0.273. The molecule has 154 valence electrons. The zero-order chi connectivity index (χ0) is 21.1. The average molecular weight is 438 g/mol. The monoisotopic (exact) mass is 437 g/mol. The second-order valence-electron chi connectivity index (χ2n) is 6.89. The maximum absolute atomic E-state index is 12.4. The Labute approximate surface area is 183 Å². The van der Waals surface area contributed by atoms with Gasteiger partial charge >= 0.3 is 0 Å². The lowest BCUT2D eigenvalue weighted by Gasteiger charge is -2.13. The first kappa shape index (κ1) is 20.6. The van der Waals surface area contributed by atoms with Gasteiger partial charge in [0.15, 0.2) is 4.34 Å². The number of anilines is 2. The van der Waals surface area contributed by atoms with E-state index < -0.39 is 0 Å². The van der Waals surface area contributed by atoms with E-state index in [2.05, 4.69) is 52.5 Å². The topological polar surface area (TPSA) is 72.2 Å². The fourth-order valence-electron chi connectivity index (χ4n) is 3.40. The summed E-state index contributed by atoms with van der Waals surface area (Å²) in [6, 6.07) is 13.7. The Morgan fingerprint density at radius 1 is 1.07 bits per heavy atom. The highest BCUT2D eigenvalue weighted by Crippen LogP contribution is 2.32. The van der Waals surface area contributed by atoms with Gasteiger partial charge in [-0.3, -0.25) is 9.20 Å². The first-order valence-corrected chi connectivity index (χ1v) is 11.7. The number of nitrogens with zero attached hydrogens (tertiary/aromatic N) is 4. The van der Waals surface area contributed by atoms with Crippen LogP contribution in [0.15, 0.2) is 51.6 Å². The zero-order valence-electron chi connectivity index (χ0n) is 17.2. The number of thioether (sulfide) groups is 1. The maximum Gasteiger partial charge on any atom is 0.258 e. The van der Waals surface area contributed by atoms with Gasteiger partial charge in [-0.25, -0.2) is 4.98 Å². The lowest BCUT2D eigenvalue weighted by atomic mass is 10.0. The van der Waals surface area contributed by atoms with Crippen molar-refractivity contribution in [2.45, 2.75) is 43.7 Å². The number of hydrogen-bond acceptors (Lipinski definition) is 7. The van der Waals surface area contributed by atoms with Gasteiger partial charge in [-0.1, -0.05) is 61.2 Å². The molecule has 0 spiro atoms. The van der Waals surface area contributed by atoms with Gasteiger partial charge in [0, 0.05) is 23.2 Å². The average Bonchev–Trinajstić information content (AvgIpc) is 3.19. The maximum atomic E-state index is 12.4. The Bertz CT molecular complexity index is 1230. The summed E-state index contributed by atoms with van der Waals surface area (Å²) in [5, 5.41) is 12.8. The summed E-state index contributed by atoms with van der Waals surface area (Å²) < 4.78 is 2.47. The molecule has 0 amide bonds. The summed E-state index contributed by atoms with van der Waals surface area (Å²) in [4.78, 5) is 17.1. The molecule has 1 aromatic carbocycles. The molecule has 0 aliphatic heterocycles. The fourth-order valence-corrected chi connectivity index (χ4v) is 5.05. The normalized spacial score (nSPS) is 11.2. The summed E-state index contributed by atoms with van der Waals surface area (Å²) in [5.41, 5.74) is 5.91. The molecule has 0 fully saturated rings. The Balaban J connectivity index is 1.50. The molecule has 0 bridgehead atoms. The van der Waals surface area contributed by atoms with Crippen LogP contribution in [-0.2, 0) is 18.6 Å². The van der Waals surface area contributed by atoms with Gasteiger partial charge in [0.1, 0.15) is 5.65 Å². The van der Waals surface area contributed by atoms with E-state index in [0.29, 0.717) is 11.4 Å². The number of fused-ring (bicyclic) bond motifs is 1. The SMILES string of the molecule is CCc1cccc(CC)c1Nc1nnc(SCc2cc(=O)n3c(C)cccc3n2)s1. The van der Waals surface area contributed by atoms with Gasteiger partial charge in [-0.15, -0.1) is 10.2 Å². The van der Waals surface area contributed by atoms with Crippen LogP contribution in [0, 0.1) is 6.92 Å². The molecule has 0 aliphatic carbocycles. The van der Waals surface area contributed by atoms with E-state index in [-0.39, 0.29) is 5.56 Å². The van der Waals surface area contributed by atoms with Gasteiger partial charge < -0.3 is 5.32 Å². The van der Waals surface area contributed by atoms with Crippen LogP contribution in [0.2, 0.25) is 0 Å². The molecule has 30 heavy (non-hydrogen) atoms. The molecule has 4 rings (SSSR count). The lowest BCUT2D eigenvalue weighted by Crippen LogP contribution is -2.17. The summed E-state index contributed by atoms with van der Waals surface area (Å²) >= 11 is 3.05. The van der Waals surface area contributed by atoms with Crippen molar-refractivity contribution in [3.05, 3.63) is 75.3 Å². The highest BCUT2D eigenvalue weighted by Gasteiger charge is 2.11. The van der Waals surface area contributed by atoms with E-state index in [0.717, 1.165) is 39.4 Å². The standard InChI is InChI=1S/C22H23N5OS2/c1-4-15-9-7-10-16(5-2)20(15)24-21-25-26-22(30-21)29-13-17-12-19(28)27-14(3)8-6-11-18(27)23-17/h6-12H,4-5,13H2,1-3H3,(H,24,25). The number of para-hydroxylation sites is 1. The molecule has 0 unspecified atom stereocenters. The van der Waals surface area contributed by atoms with Crippen LogP contribution in [-0.4, -0.2) is 19.6 Å². The van der Waals surface area contributed by atoms with E-state index >= 15 is 0 Å². The number of hydrogen-bond donors (Lipinski definition) is 1. The van der Waals surface area contributed by atoms with Gasteiger partial charge in [0.2, 0.25) is 5.13 Å². The van der Waals surface area contributed by atoms with E-state index in [9.17, 15) is 4.79 Å². The van der Waals surface area contributed by atoms with Crippen molar-refractivity contribution in [3.63, 3.8) is 0 Å². The van der Waals surface area contributed by atoms with Crippen LogP contribution >= 0.6 is 23.1 Å². The Morgan fingerprint density at radius 3 is 2.53 bits per heavy atom. The molecular formula is C22H23N5OS2. The van der Waals surface area contributed by atoms with Crippen molar-refractivity contribution in [1.82, 2.24) is 19.6 Å². The Kier molecular flexibility index (Phi) is 6.15. The molecule has 4 aromatic rings. The molecule has 3 aromatic heterocycles. The van der Waals surface area contributed by atoms with Crippen molar-refractivity contribution < 1.29 is 0 Å². The number of aromatic nitrogens is 4. The summed E-state index contributed by atoms with van der Waals surface area (Å²) in [7, 11) is 0. The third-order valence-corrected chi connectivity index (χ3v) is 6.92. The number of benzene rings is 1. The highest BCUT2D eigenvalue weighted by atomic mass is 32.2. The van der Waals surface area contributed by atoms with Crippen molar-refractivity contribution in [3.8, 4) is 0 Å². The molecule has 8 heteroatoms. The minimum absolute atomic E-state index is 0.0587. The first-order valence-electron chi connectivity index (χ1n) is 9.91. The van der Waals surface area contributed by atoms with Gasteiger partial charge in [0.05, 0.1) is 5.69 Å². The number of nitrogens with one attached hydrogen (secondary N) is 1. The van der Waals surface area contributed by atoms with Crippen LogP contribution < -0.4 is 10.9 Å². The molecule has 0 saturated carbocycles. The van der Waals surface area contributed by atoms with Crippen LogP contribution in [0.5, 0.6) is 0 Å².